The maximum Gasteiger partial charge on any atom is 0.327 e. The van der Waals surface area contributed by atoms with Crippen molar-refractivity contribution in [2.75, 3.05) is 13.2 Å². The highest BCUT2D eigenvalue weighted by Gasteiger charge is 2.76. The fraction of sp³-hybridized carbons (Fsp3) is 0.625. The summed E-state index contributed by atoms with van der Waals surface area (Å²) in [6.45, 7) is 9.38. The van der Waals surface area contributed by atoms with E-state index in [2.05, 4.69) is 24.5 Å². The molecule has 14 heteroatoms. The molecule has 340 valence electrons. The van der Waals surface area contributed by atoms with Crippen LogP contribution in [0.4, 0.5) is 0 Å². The average Bonchev–Trinajstić information content (AvgIpc) is 3.78. The molecule has 0 aromatic heterocycles. The fourth-order valence-corrected chi connectivity index (χ4v) is 9.26. The van der Waals surface area contributed by atoms with Gasteiger partial charge in [0.05, 0.1) is 19.2 Å². The average molecular weight is 862 g/mol. The Balaban J connectivity index is 1.19. The second-order valence-electron chi connectivity index (χ2n) is 18.3. The Bertz CT molecular complexity index is 1870. The number of hydroxylamine groups is 2. The van der Waals surface area contributed by atoms with Gasteiger partial charge in [-0.2, -0.15) is 5.06 Å². The Kier molecular flexibility index (Phi) is 15.9. The number of para-hydroxylation sites is 1. The van der Waals surface area contributed by atoms with Gasteiger partial charge in [0, 0.05) is 38.6 Å². The summed E-state index contributed by atoms with van der Waals surface area (Å²) in [6.07, 6.45) is 9.11. The second kappa shape index (κ2) is 20.9. The van der Waals surface area contributed by atoms with Crippen LogP contribution in [0.1, 0.15) is 128 Å². The van der Waals surface area contributed by atoms with Crippen molar-refractivity contribution in [2.45, 2.75) is 173 Å². The maximum atomic E-state index is 14.8. The third kappa shape index (κ3) is 11.2. The Labute approximate surface area is 366 Å². The third-order valence-corrected chi connectivity index (χ3v) is 12.3. The number of fused-ring (bicyclic) bond motifs is 4. The number of amides is 2. The minimum atomic E-state index is -1.41. The number of rotatable bonds is 22. The Hall–Kier alpha value is -4.34. The highest BCUT2D eigenvalue weighted by Crippen LogP contribution is 2.58. The molecule has 7 atom stereocenters. The predicted molar refractivity (Wildman–Crippen MR) is 231 cm³/mol. The van der Waals surface area contributed by atoms with E-state index in [1.807, 2.05) is 48.6 Å². The molecule has 1 aliphatic carbocycles. The summed E-state index contributed by atoms with van der Waals surface area (Å²) in [5, 5.41) is 27.3. The number of phenolic OH excluding ortho intramolecular Hbond substituents is 1. The lowest BCUT2D eigenvalue weighted by molar-refractivity contribution is -0.224. The van der Waals surface area contributed by atoms with E-state index in [4.69, 9.17) is 23.8 Å². The van der Waals surface area contributed by atoms with Crippen LogP contribution in [0.2, 0.25) is 0 Å². The number of phenols is 1. The van der Waals surface area contributed by atoms with Gasteiger partial charge in [0.2, 0.25) is 11.8 Å². The van der Waals surface area contributed by atoms with Gasteiger partial charge in [0.25, 0.3) is 0 Å². The number of aliphatic hydroxyl groups excluding tert-OH is 1. The van der Waals surface area contributed by atoms with Crippen LogP contribution in [-0.2, 0) is 55.9 Å². The standard InChI is InChI=1S/C48H67N3O11/c1-6-8-12-26-47(27-13-9-7-2)60-40-37-29-48(45(57)49-28-25-38(54)50-35(31-52)23-24-39(55)59-46(3,4)5)42(44(56)58-37)51(62-43(48)41(40)61-47)30-33-21-19-32(20-22-33)15-14-17-34-16-10-11-18-36(34)53/h10-11,14-16,18-22,35,37,40-43,52-53H,6-9,12-13,17,23-31H2,1-5H3,(H,49,57)(H,50,54)/t35-,37+,40-,41-,42-,43+,48-/m0/s1. The summed E-state index contributed by atoms with van der Waals surface area (Å²) in [7, 11) is 0. The van der Waals surface area contributed by atoms with Crippen LogP contribution in [-0.4, -0.2) is 100 Å². The van der Waals surface area contributed by atoms with Gasteiger partial charge in [0.1, 0.15) is 41.2 Å². The van der Waals surface area contributed by atoms with Crippen molar-refractivity contribution in [3.05, 3.63) is 71.3 Å². The number of esters is 2. The zero-order valence-corrected chi connectivity index (χ0v) is 37.1. The molecule has 2 aromatic carbocycles. The zero-order chi connectivity index (χ0) is 44.5. The van der Waals surface area contributed by atoms with E-state index < -0.39 is 77.1 Å². The predicted octanol–water partition coefficient (Wildman–Crippen LogP) is 6.19. The molecule has 2 amide bonds. The minimum Gasteiger partial charge on any atom is -0.508 e. The number of benzene rings is 2. The van der Waals surface area contributed by atoms with E-state index >= 15 is 0 Å². The largest absolute Gasteiger partial charge is 0.508 e. The van der Waals surface area contributed by atoms with E-state index in [0.29, 0.717) is 19.3 Å². The fourth-order valence-electron chi connectivity index (χ4n) is 9.26. The summed E-state index contributed by atoms with van der Waals surface area (Å²) in [5.41, 5.74) is 0.580. The number of carbonyl (C=O) groups excluding carboxylic acids is 4. The number of hydrogen-bond acceptors (Lipinski definition) is 12. The first-order valence-electron chi connectivity index (χ1n) is 22.6. The van der Waals surface area contributed by atoms with Gasteiger partial charge in [-0.05, 0) is 69.2 Å². The van der Waals surface area contributed by atoms with Crippen molar-refractivity contribution in [1.29, 1.82) is 0 Å². The van der Waals surface area contributed by atoms with Gasteiger partial charge in [-0.15, -0.1) is 0 Å². The van der Waals surface area contributed by atoms with Crippen LogP contribution in [0, 0.1) is 5.41 Å². The molecule has 3 aliphatic heterocycles. The van der Waals surface area contributed by atoms with Crippen molar-refractivity contribution in [3.63, 3.8) is 0 Å². The van der Waals surface area contributed by atoms with Gasteiger partial charge in [-0.3, -0.25) is 24.0 Å². The molecule has 4 aliphatic rings. The van der Waals surface area contributed by atoms with E-state index in [9.17, 15) is 29.4 Å². The van der Waals surface area contributed by atoms with E-state index in [-0.39, 0.29) is 51.1 Å². The lowest BCUT2D eigenvalue weighted by atomic mass is 9.62. The molecule has 1 saturated carbocycles. The number of unbranched alkanes of at least 4 members (excludes halogenated alkanes) is 4. The van der Waals surface area contributed by atoms with Crippen LogP contribution >= 0.6 is 0 Å². The molecule has 0 radical (unpaired) electrons. The number of ether oxygens (including phenoxy) is 4. The SMILES string of the molecule is CCCCCC1(CCCCC)O[C@@H]2[C@H](O1)[C@H]1ON(Cc3ccc(C=CCc4ccccc4O)cc3)[C@H]3C(=O)O[C@@H]2C[C@@]13C(=O)NCCC(=O)N[C@H](CO)CCC(=O)OC(C)(C)C. The molecule has 62 heavy (non-hydrogen) atoms. The highest BCUT2D eigenvalue weighted by molar-refractivity contribution is 5.94. The molecule has 4 fully saturated rings. The van der Waals surface area contributed by atoms with Gasteiger partial charge in [0.15, 0.2) is 11.8 Å². The second-order valence-corrected chi connectivity index (χ2v) is 18.3. The lowest BCUT2D eigenvalue weighted by Gasteiger charge is -2.48. The number of aliphatic hydroxyl groups is 1. The molecule has 0 spiro atoms. The Morgan fingerprint density at radius 1 is 0.968 bits per heavy atom. The van der Waals surface area contributed by atoms with Gasteiger partial charge < -0.3 is 39.8 Å². The molecule has 3 saturated heterocycles. The van der Waals surface area contributed by atoms with Crippen LogP contribution in [0.3, 0.4) is 0 Å². The lowest BCUT2D eigenvalue weighted by Crippen LogP contribution is -2.69. The van der Waals surface area contributed by atoms with Crippen LogP contribution in [0.15, 0.2) is 54.6 Å². The highest BCUT2D eigenvalue weighted by atomic mass is 16.8. The molecular weight excluding hydrogens is 795 g/mol. The molecule has 4 N–H and O–H groups in total. The number of nitrogens with zero attached hydrogens (tertiary/aromatic N) is 1. The Morgan fingerprint density at radius 3 is 2.32 bits per heavy atom. The number of aromatic hydroxyl groups is 1. The van der Waals surface area contributed by atoms with E-state index in [1.54, 1.807) is 38.0 Å². The molecule has 6 rings (SSSR count). The van der Waals surface area contributed by atoms with Crippen LogP contribution < -0.4 is 10.6 Å². The smallest absolute Gasteiger partial charge is 0.327 e. The van der Waals surface area contributed by atoms with E-state index in [1.165, 1.54) is 0 Å². The zero-order valence-electron chi connectivity index (χ0n) is 37.1. The molecule has 2 aromatic rings. The summed E-state index contributed by atoms with van der Waals surface area (Å²) in [4.78, 5) is 61.0. The van der Waals surface area contributed by atoms with Crippen molar-refractivity contribution < 1.29 is 53.2 Å². The summed E-state index contributed by atoms with van der Waals surface area (Å²) in [6, 6.07) is 13.3. The summed E-state index contributed by atoms with van der Waals surface area (Å²) in [5.74, 6) is -2.50. The number of nitrogens with one attached hydrogen (secondary N) is 2. The first kappa shape index (κ1) is 47.1. The quantitative estimate of drug-likeness (QED) is 0.0780. The Morgan fingerprint density at radius 2 is 1.66 bits per heavy atom. The number of hydrogen-bond donors (Lipinski definition) is 4. The third-order valence-electron chi connectivity index (χ3n) is 12.3. The number of carbonyl (C=O) groups is 4. The first-order chi connectivity index (χ1) is 29.7. The van der Waals surface area contributed by atoms with Crippen molar-refractivity contribution in [1.82, 2.24) is 15.7 Å². The summed E-state index contributed by atoms with van der Waals surface area (Å²) < 4.78 is 25.4. The van der Waals surface area contributed by atoms with E-state index in [0.717, 1.165) is 55.2 Å². The minimum absolute atomic E-state index is 0.0209. The monoisotopic (exact) mass is 861 g/mol. The van der Waals surface area contributed by atoms with Gasteiger partial charge in [-0.25, -0.2) is 0 Å². The summed E-state index contributed by atoms with van der Waals surface area (Å²) >= 11 is 0. The van der Waals surface area contributed by atoms with Crippen molar-refractivity contribution in [2.24, 2.45) is 5.41 Å². The molecule has 3 heterocycles. The maximum absolute atomic E-state index is 14.8. The molecular formula is C48H67N3O11. The van der Waals surface area contributed by atoms with Crippen LogP contribution in [0.25, 0.3) is 6.08 Å². The molecule has 0 unspecified atom stereocenters. The molecule has 14 nitrogen and oxygen atoms in total. The topological polar surface area (TPSA) is 182 Å². The number of allylic oxidation sites excluding steroid dienone is 1. The van der Waals surface area contributed by atoms with Crippen molar-refractivity contribution in [3.8, 4) is 5.75 Å². The molecule has 2 bridgehead atoms. The van der Waals surface area contributed by atoms with Gasteiger partial charge in [-0.1, -0.05) is 94.1 Å². The normalized spacial score (nSPS) is 25.6. The van der Waals surface area contributed by atoms with Crippen molar-refractivity contribution >= 4 is 29.8 Å². The van der Waals surface area contributed by atoms with Crippen LogP contribution in [0.5, 0.6) is 5.75 Å². The van der Waals surface area contributed by atoms with Gasteiger partial charge >= 0.3 is 11.9 Å². The first-order valence-corrected chi connectivity index (χ1v) is 22.6.